The van der Waals surface area contributed by atoms with Crippen molar-refractivity contribution < 1.29 is 9.53 Å². The summed E-state index contributed by atoms with van der Waals surface area (Å²) in [5.74, 6) is 0.838. The van der Waals surface area contributed by atoms with Crippen LogP contribution in [0.1, 0.15) is 36.5 Å². The summed E-state index contributed by atoms with van der Waals surface area (Å²) in [5.41, 5.74) is 4.07. The van der Waals surface area contributed by atoms with Gasteiger partial charge in [-0.1, -0.05) is 43.2 Å². The van der Waals surface area contributed by atoms with Gasteiger partial charge in [0.05, 0.1) is 17.7 Å². The summed E-state index contributed by atoms with van der Waals surface area (Å²) in [6.07, 6.45) is 3.90. The first-order valence-electron chi connectivity index (χ1n) is 9.53. The molecule has 0 spiro atoms. The van der Waals surface area contributed by atoms with Gasteiger partial charge >= 0.3 is 0 Å². The number of thioether (sulfide) groups is 1. The summed E-state index contributed by atoms with van der Waals surface area (Å²) in [5, 5.41) is 0.743. The smallest absolute Gasteiger partial charge is 0.266 e. The minimum atomic E-state index is 0.0175. The van der Waals surface area contributed by atoms with E-state index in [9.17, 15) is 4.79 Å². The van der Waals surface area contributed by atoms with Crippen molar-refractivity contribution in [3.05, 3.63) is 64.1 Å². The zero-order chi connectivity index (χ0) is 20.1. The maximum absolute atomic E-state index is 13.0. The van der Waals surface area contributed by atoms with E-state index in [-0.39, 0.29) is 5.91 Å². The van der Waals surface area contributed by atoms with Crippen LogP contribution in [0.5, 0.6) is 5.75 Å². The molecular formula is C23H26N2O2S. The molecule has 1 heterocycles. The Morgan fingerprint density at radius 2 is 1.89 bits per heavy atom. The maximum atomic E-state index is 13.0. The molecule has 1 saturated heterocycles. The summed E-state index contributed by atoms with van der Waals surface area (Å²) in [6.45, 7) is 6.86. The highest BCUT2D eigenvalue weighted by Gasteiger charge is 2.32. The van der Waals surface area contributed by atoms with E-state index in [1.165, 1.54) is 17.3 Å². The van der Waals surface area contributed by atoms with Crippen LogP contribution in [0.4, 0.5) is 5.69 Å². The van der Waals surface area contributed by atoms with Gasteiger partial charge in [-0.2, -0.15) is 0 Å². The lowest BCUT2D eigenvalue weighted by Crippen LogP contribution is -2.30. The average Bonchev–Trinajstić information content (AvgIpc) is 2.98. The predicted molar refractivity (Wildman–Crippen MR) is 118 cm³/mol. The van der Waals surface area contributed by atoms with E-state index in [1.54, 1.807) is 12.0 Å². The molecule has 28 heavy (non-hydrogen) atoms. The molecule has 0 unspecified atom stereocenters. The number of aryl methyl sites for hydroxylation is 2. The third kappa shape index (κ3) is 4.65. The number of ether oxygens (including phenoxy) is 1. The molecule has 146 valence electrons. The van der Waals surface area contributed by atoms with Crippen LogP contribution < -0.4 is 4.74 Å². The molecule has 0 bridgehead atoms. The summed E-state index contributed by atoms with van der Waals surface area (Å²) in [4.78, 5) is 20.2. The number of hydrogen-bond donors (Lipinski definition) is 0. The van der Waals surface area contributed by atoms with Crippen LogP contribution in [0.15, 0.2) is 52.4 Å². The Bertz CT molecular complexity index is 917. The first kappa shape index (κ1) is 20.2. The van der Waals surface area contributed by atoms with Crippen LogP contribution in [0, 0.1) is 13.8 Å². The number of benzene rings is 2. The number of methoxy groups -OCH3 is 1. The molecular weight excluding hydrogens is 368 g/mol. The van der Waals surface area contributed by atoms with Gasteiger partial charge in [-0.15, -0.1) is 0 Å². The summed E-state index contributed by atoms with van der Waals surface area (Å²) in [6, 6.07) is 14.0. The zero-order valence-corrected chi connectivity index (χ0v) is 17.7. The van der Waals surface area contributed by atoms with E-state index in [4.69, 9.17) is 9.73 Å². The molecule has 0 N–H and O–H groups in total. The highest BCUT2D eigenvalue weighted by atomic mass is 32.2. The Hall–Kier alpha value is -2.53. The van der Waals surface area contributed by atoms with Gasteiger partial charge in [0.15, 0.2) is 5.17 Å². The molecule has 0 saturated carbocycles. The number of carbonyl (C=O) groups excluding carboxylic acids is 1. The third-order valence-corrected chi connectivity index (χ3v) is 5.62. The molecule has 1 aliphatic heterocycles. The van der Waals surface area contributed by atoms with Gasteiger partial charge in [0.25, 0.3) is 5.91 Å². The lowest BCUT2D eigenvalue weighted by Gasteiger charge is -2.14. The number of aliphatic imine (C=N–C) groups is 1. The average molecular weight is 395 g/mol. The minimum Gasteiger partial charge on any atom is -0.496 e. The molecule has 2 aromatic rings. The normalized spacial score (nSPS) is 17.0. The molecule has 1 aliphatic rings. The van der Waals surface area contributed by atoms with E-state index in [1.807, 2.05) is 55.5 Å². The first-order chi connectivity index (χ1) is 13.5. The van der Waals surface area contributed by atoms with E-state index in [0.717, 1.165) is 40.6 Å². The Morgan fingerprint density at radius 1 is 1.14 bits per heavy atom. The van der Waals surface area contributed by atoms with Gasteiger partial charge < -0.3 is 4.74 Å². The minimum absolute atomic E-state index is 0.0175. The third-order valence-electron chi connectivity index (χ3n) is 4.61. The van der Waals surface area contributed by atoms with Crippen LogP contribution in [0.25, 0.3) is 6.08 Å². The van der Waals surface area contributed by atoms with Crippen molar-refractivity contribution in [3.8, 4) is 5.75 Å². The van der Waals surface area contributed by atoms with Crippen LogP contribution in [-0.4, -0.2) is 29.6 Å². The van der Waals surface area contributed by atoms with Gasteiger partial charge in [0.1, 0.15) is 5.75 Å². The first-order valence-corrected chi connectivity index (χ1v) is 10.3. The van der Waals surface area contributed by atoms with Crippen LogP contribution in [0.3, 0.4) is 0 Å². The molecule has 0 radical (unpaired) electrons. The van der Waals surface area contributed by atoms with Gasteiger partial charge in [-0.25, -0.2) is 4.99 Å². The number of nitrogens with zero attached hydrogens (tertiary/aromatic N) is 2. The monoisotopic (exact) mass is 394 g/mol. The molecule has 1 fully saturated rings. The van der Waals surface area contributed by atoms with Crippen LogP contribution in [0.2, 0.25) is 0 Å². The predicted octanol–water partition coefficient (Wildman–Crippen LogP) is 5.72. The molecule has 0 aromatic heterocycles. The molecule has 4 nitrogen and oxygen atoms in total. The van der Waals surface area contributed by atoms with Crippen molar-refractivity contribution in [2.75, 3.05) is 13.7 Å². The van der Waals surface area contributed by atoms with Crippen molar-refractivity contribution in [2.45, 2.75) is 33.6 Å². The second kappa shape index (κ2) is 9.11. The van der Waals surface area contributed by atoms with E-state index in [0.29, 0.717) is 11.4 Å². The van der Waals surface area contributed by atoms with Gasteiger partial charge in [-0.3, -0.25) is 9.69 Å². The SMILES string of the molecule is CCCCN1C(=O)/C(=C\c2ccc(C)c(OC)c2)SC1=Nc1ccc(C)cc1. The van der Waals surface area contributed by atoms with Crippen molar-refractivity contribution in [2.24, 2.45) is 4.99 Å². The van der Waals surface area contributed by atoms with Crippen LogP contribution >= 0.6 is 11.8 Å². The molecule has 2 aromatic carbocycles. The number of amides is 1. The Balaban J connectivity index is 1.93. The summed E-state index contributed by atoms with van der Waals surface area (Å²) in [7, 11) is 1.66. The lowest BCUT2D eigenvalue weighted by atomic mass is 10.1. The van der Waals surface area contributed by atoms with Gasteiger partial charge in [0.2, 0.25) is 0 Å². The number of amidine groups is 1. The van der Waals surface area contributed by atoms with E-state index in [2.05, 4.69) is 13.8 Å². The molecule has 0 aliphatic carbocycles. The van der Waals surface area contributed by atoms with Crippen molar-refractivity contribution in [1.82, 2.24) is 4.90 Å². The Kier molecular flexibility index (Phi) is 6.57. The quantitative estimate of drug-likeness (QED) is 0.589. The summed E-state index contributed by atoms with van der Waals surface area (Å²) >= 11 is 1.44. The lowest BCUT2D eigenvalue weighted by molar-refractivity contribution is -0.122. The fourth-order valence-electron chi connectivity index (χ4n) is 2.91. The standard InChI is InChI=1S/C23H26N2O2S/c1-5-6-13-25-22(26)21(15-18-10-9-17(3)20(14-18)27-4)28-23(25)24-19-11-7-16(2)8-12-19/h7-12,14-15H,5-6,13H2,1-4H3/b21-15+,24-23?. The Labute approximate surface area is 171 Å². The van der Waals surface area contributed by atoms with Crippen molar-refractivity contribution in [3.63, 3.8) is 0 Å². The second-order valence-corrected chi connectivity index (χ2v) is 7.89. The fourth-order valence-corrected chi connectivity index (χ4v) is 3.94. The Morgan fingerprint density at radius 3 is 2.57 bits per heavy atom. The molecule has 0 atom stereocenters. The summed E-state index contributed by atoms with van der Waals surface area (Å²) < 4.78 is 5.41. The topological polar surface area (TPSA) is 41.9 Å². The highest BCUT2D eigenvalue weighted by molar-refractivity contribution is 8.18. The molecule has 5 heteroatoms. The van der Waals surface area contributed by atoms with Crippen molar-refractivity contribution >= 4 is 34.6 Å². The number of unbranched alkanes of at least 4 members (excludes halogenated alkanes) is 1. The number of carbonyl (C=O) groups is 1. The van der Waals surface area contributed by atoms with E-state index < -0.39 is 0 Å². The second-order valence-electron chi connectivity index (χ2n) is 6.88. The van der Waals surface area contributed by atoms with Gasteiger partial charge in [-0.05, 0) is 67.4 Å². The molecule has 3 rings (SSSR count). The maximum Gasteiger partial charge on any atom is 0.266 e. The fraction of sp³-hybridized carbons (Fsp3) is 0.304. The highest BCUT2D eigenvalue weighted by Crippen LogP contribution is 2.35. The van der Waals surface area contributed by atoms with E-state index >= 15 is 0 Å². The number of hydrogen-bond acceptors (Lipinski definition) is 4. The number of rotatable bonds is 6. The van der Waals surface area contributed by atoms with Crippen molar-refractivity contribution in [1.29, 1.82) is 0 Å². The molecule has 1 amide bonds. The zero-order valence-electron chi connectivity index (χ0n) is 16.9. The van der Waals surface area contributed by atoms with Gasteiger partial charge in [0, 0.05) is 6.54 Å². The van der Waals surface area contributed by atoms with Crippen LogP contribution in [-0.2, 0) is 4.79 Å². The largest absolute Gasteiger partial charge is 0.496 e.